The highest BCUT2D eigenvalue weighted by atomic mass is 16.3. The predicted octanol–water partition coefficient (Wildman–Crippen LogP) is 2.07. The van der Waals surface area contributed by atoms with E-state index in [1.165, 1.54) is 4.57 Å². The summed E-state index contributed by atoms with van der Waals surface area (Å²) >= 11 is 0. The number of benzene rings is 1. The second kappa shape index (κ2) is 6.16. The Bertz CT molecular complexity index is 874. The van der Waals surface area contributed by atoms with Crippen molar-refractivity contribution in [2.45, 2.75) is 26.6 Å². The van der Waals surface area contributed by atoms with Gasteiger partial charge < -0.3 is 9.32 Å². The fraction of sp³-hybridized carbons (Fsp3) is 0.294. The first-order valence-electron chi connectivity index (χ1n) is 7.56. The van der Waals surface area contributed by atoms with Crippen LogP contribution in [0.5, 0.6) is 0 Å². The number of carbonyl (C=O) groups is 1. The SMILES string of the molecule is CCn1c(=O)n(CC(=O)N(C)Cc2ccco2)c2ccccc21. The van der Waals surface area contributed by atoms with Crippen LogP contribution < -0.4 is 5.69 Å². The molecule has 0 aliphatic heterocycles. The number of furan rings is 1. The molecule has 0 unspecified atom stereocenters. The molecule has 0 radical (unpaired) electrons. The van der Waals surface area contributed by atoms with E-state index in [9.17, 15) is 9.59 Å². The number of hydrogen-bond acceptors (Lipinski definition) is 3. The maximum absolute atomic E-state index is 12.5. The number of carbonyl (C=O) groups excluding carboxylic acids is 1. The molecule has 0 spiro atoms. The van der Waals surface area contributed by atoms with Crippen LogP contribution in [0.2, 0.25) is 0 Å². The van der Waals surface area contributed by atoms with E-state index in [1.54, 1.807) is 28.8 Å². The monoisotopic (exact) mass is 313 g/mol. The number of aromatic nitrogens is 2. The van der Waals surface area contributed by atoms with Gasteiger partial charge in [-0.05, 0) is 31.2 Å². The lowest BCUT2D eigenvalue weighted by atomic mass is 10.3. The maximum atomic E-state index is 12.5. The van der Waals surface area contributed by atoms with E-state index in [0.717, 1.165) is 11.0 Å². The number of fused-ring (bicyclic) bond motifs is 1. The van der Waals surface area contributed by atoms with Crippen LogP contribution in [0.4, 0.5) is 0 Å². The van der Waals surface area contributed by atoms with Crippen molar-refractivity contribution in [2.24, 2.45) is 0 Å². The van der Waals surface area contributed by atoms with E-state index in [-0.39, 0.29) is 18.1 Å². The van der Waals surface area contributed by atoms with E-state index < -0.39 is 0 Å². The fourth-order valence-electron chi connectivity index (χ4n) is 2.71. The summed E-state index contributed by atoms with van der Waals surface area (Å²) in [5.41, 5.74) is 1.47. The number of aryl methyl sites for hydroxylation is 1. The fourth-order valence-corrected chi connectivity index (χ4v) is 2.71. The molecule has 0 aliphatic carbocycles. The summed E-state index contributed by atoms with van der Waals surface area (Å²) < 4.78 is 8.46. The first-order valence-corrected chi connectivity index (χ1v) is 7.56. The van der Waals surface area contributed by atoms with Gasteiger partial charge in [-0.1, -0.05) is 12.1 Å². The van der Waals surface area contributed by atoms with Crippen LogP contribution in [0.1, 0.15) is 12.7 Å². The van der Waals surface area contributed by atoms with Crippen molar-refractivity contribution in [3.8, 4) is 0 Å². The zero-order valence-electron chi connectivity index (χ0n) is 13.2. The molecule has 3 rings (SSSR count). The van der Waals surface area contributed by atoms with Gasteiger partial charge in [-0.3, -0.25) is 13.9 Å². The molecule has 0 bridgehead atoms. The molecule has 1 amide bonds. The van der Waals surface area contributed by atoms with Crippen LogP contribution in [0, 0.1) is 0 Å². The van der Waals surface area contributed by atoms with E-state index in [4.69, 9.17) is 4.42 Å². The number of rotatable bonds is 5. The molecule has 0 N–H and O–H groups in total. The Hall–Kier alpha value is -2.76. The molecule has 1 aromatic carbocycles. The van der Waals surface area contributed by atoms with Gasteiger partial charge in [0.25, 0.3) is 0 Å². The molecule has 3 aromatic rings. The number of para-hydroxylation sites is 2. The minimum atomic E-state index is -0.159. The van der Waals surface area contributed by atoms with Gasteiger partial charge in [0.05, 0.1) is 23.8 Å². The average Bonchev–Trinajstić information content (AvgIpc) is 3.14. The second-order valence-electron chi connectivity index (χ2n) is 5.43. The number of likely N-dealkylation sites (N-methyl/N-ethyl adjacent to an activating group) is 1. The molecular weight excluding hydrogens is 294 g/mol. The first-order chi connectivity index (χ1) is 11.1. The Kier molecular flexibility index (Phi) is 4.06. The van der Waals surface area contributed by atoms with Crippen molar-refractivity contribution in [1.29, 1.82) is 0 Å². The quantitative estimate of drug-likeness (QED) is 0.724. The topological polar surface area (TPSA) is 60.4 Å². The molecule has 6 heteroatoms. The zero-order chi connectivity index (χ0) is 16.4. The minimum absolute atomic E-state index is 0.0174. The van der Waals surface area contributed by atoms with Crippen LogP contribution in [0.3, 0.4) is 0 Å². The van der Waals surface area contributed by atoms with E-state index in [1.807, 2.05) is 37.3 Å². The van der Waals surface area contributed by atoms with Crippen molar-refractivity contribution >= 4 is 16.9 Å². The lowest BCUT2D eigenvalue weighted by Crippen LogP contribution is -2.34. The normalized spacial score (nSPS) is 11.0. The van der Waals surface area contributed by atoms with Gasteiger partial charge >= 0.3 is 5.69 Å². The molecule has 0 saturated carbocycles. The molecule has 2 heterocycles. The molecule has 0 fully saturated rings. The molecule has 23 heavy (non-hydrogen) atoms. The Morgan fingerprint density at radius 1 is 1.13 bits per heavy atom. The summed E-state index contributed by atoms with van der Waals surface area (Å²) in [6.07, 6.45) is 1.58. The highest BCUT2D eigenvalue weighted by Crippen LogP contribution is 2.13. The zero-order valence-corrected chi connectivity index (χ0v) is 13.2. The van der Waals surface area contributed by atoms with Gasteiger partial charge in [0.2, 0.25) is 5.91 Å². The van der Waals surface area contributed by atoms with Crippen molar-refractivity contribution in [1.82, 2.24) is 14.0 Å². The summed E-state index contributed by atoms with van der Waals surface area (Å²) in [6, 6.07) is 11.1. The number of imidazole rings is 1. The molecule has 0 atom stereocenters. The maximum Gasteiger partial charge on any atom is 0.329 e. The highest BCUT2D eigenvalue weighted by molar-refractivity contribution is 5.80. The number of nitrogens with zero attached hydrogens (tertiary/aromatic N) is 3. The third-order valence-corrected chi connectivity index (χ3v) is 3.93. The lowest BCUT2D eigenvalue weighted by molar-refractivity contribution is -0.131. The van der Waals surface area contributed by atoms with Crippen LogP contribution in [0.15, 0.2) is 51.9 Å². The predicted molar refractivity (Wildman–Crippen MR) is 87.1 cm³/mol. The molecule has 0 aliphatic rings. The number of hydrogen-bond donors (Lipinski definition) is 0. The Morgan fingerprint density at radius 3 is 2.43 bits per heavy atom. The summed E-state index contributed by atoms with van der Waals surface area (Å²) in [5, 5.41) is 0. The standard InChI is InChI=1S/C17H19N3O3/c1-3-19-14-8-4-5-9-15(14)20(17(19)22)12-16(21)18(2)11-13-7-6-10-23-13/h4-10H,3,11-12H2,1-2H3. The van der Waals surface area contributed by atoms with Gasteiger partial charge in [-0.2, -0.15) is 0 Å². The third-order valence-electron chi connectivity index (χ3n) is 3.93. The van der Waals surface area contributed by atoms with Crippen LogP contribution in [0.25, 0.3) is 11.0 Å². The molecule has 6 nitrogen and oxygen atoms in total. The summed E-state index contributed by atoms with van der Waals surface area (Å²) in [7, 11) is 1.70. The van der Waals surface area contributed by atoms with Crippen LogP contribution >= 0.6 is 0 Å². The lowest BCUT2D eigenvalue weighted by Gasteiger charge is -2.16. The Balaban J connectivity index is 1.88. The van der Waals surface area contributed by atoms with Gasteiger partial charge in [-0.25, -0.2) is 4.79 Å². The van der Waals surface area contributed by atoms with E-state index in [2.05, 4.69) is 0 Å². The average molecular weight is 313 g/mol. The Morgan fingerprint density at radius 2 is 1.83 bits per heavy atom. The Labute approximate surface area is 133 Å². The highest BCUT2D eigenvalue weighted by Gasteiger charge is 2.17. The van der Waals surface area contributed by atoms with Gasteiger partial charge in [0, 0.05) is 13.6 Å². The first kappa shape index (κ1) is 15.1. The van der Waals surface area contributed by atoms with Crippen molar-refractivity contribution < 1.29 is 9.21 Å². The smallest absolute Gasteiger partial charge is 0.329 e. The number of amides is 1. The van der Waals surface area contributed by atoms with Gasteiger partial charge in [-0.15, -0.1) is 0 Å². The van der Waals surface area contributed by atoms with Gasteiger partial charge in [0.1, 0.15) is 12.3 Å². The summed E-state index contributed by atoms with van der Waals surface area (Å²) in [4.78, 5) is 26.5. The van der Waals surface area contributed by atoms with Crippen LogP contribution in [-0.2, 0) is 24.4 Å². The minimum Gasteiger partial charge on any atom is -0.467 e. The second-order valence-corrected chi connectivity index (χ2v) is 5.43. The summed E-state index contributed by atoms with van der Waals surface area (Å²) in [5.74, 6) is 0.576. The molecule has 2 aromatic heterocycles. The van der Waals surface area contributed by atoms with Crippen molar-refractivity contribution in [3.63, 3.8) is 0 Å². The van der Waals surface area contributed by atoms with E-state index >= 15 is 0 Å². The summed E-state index contributed by atoms with van der Waals surface area (Å²) in [6.45, 7) is 2.89. The van der Waals surface area contributed by atoms with E-state index in [0.29, 0.717) is 18.8 Å². The molecule has 120 valence electrons. The van der Waals surface area contributed by atoms with Crippen molar-refractivity contribution in [3.05, 3.63) is 58.9 Å². The largest absolute Gasteiger partial charge is 0.467 e. The van der Waals surface area contributed by atoms with Crippen molar-refractivity contribution in [2.75, 3.05) is 7.05 Å². The molecular formula is C17H19N3O3. The van der Waals surface area contributed by atoms with Crippen LogP contribution in [-0.4, -0.2) is 27.0 Å². The third kappa shape index (κ3) is 2.79. The van der Waals surface area contributed by atoms with Gasteiger partial charge in [0.15, 0.2) is 0 Å². The molecule has 0 saturated heterocycles.